The van der Waals surface area contributed by atoms with Crippen LogP contribution < -0.4 is 9.47 Å². The number of aliphatic carboxylic acids is 1. The Kier molecular flexibility index (Phi) is 6.47. The van der Waals surface area contributed by atoms with Gasteiger partial charge in [0.25, 0.3) is 0 Å². The van der Waals surface area contributed by atoms with Crippen LogP contribution in [0.25, 0.3) is 11.0 Å². The smallest absolute Gasteiger partial charge is 0.344 e. The minimum absolute atomic E-state index is 0. The summed E-state index contributed by atoms with van der Waals surface area (Å²) >= 11 is 11.9. The van der Waals surface area contributed by atoms with E-state index in [4.69, 9.17) is 37.8 Å². The average molecular weight is 416 g/mol. The Morgan fingerprint density at radius 3 is 2.27 bits per heavy atom. The molecule has 0 aliphatic heterocycles. The molecule has 0 bridgehead atoms. The maximum absolute atomic E-state index is 10.8. The molecule has 1 unspecified atom stereocenters. The van der Waals surface area contributed by atoms with Crippen LogP contribution in [0.1, 0.15) is 6.92 Å². The monoisotopic (exact) mass is 414 g/mol. The highest BCUT2D eigenvalue weighted by atomic mass is 35.5. The Morgan fingerprint density at radius 2 is 1.65 bits per heavy atom. The lowest BCUT2D eigenvalue weighted by Crippen LogP contribution is -2.22. The first-order valence-electron chi connectivity index (χ1n) is 7.21. The van der Waals surface area contributed by atoms with Crippen molar-refractivity contribution in [2.45, 2.75) is 13.0 Å². The number of fused-ring (bicyclic) bond motifs is 1. The largest absolute Gasteiger partial charge is 0.479 e. The van der Waals surface area contributed by atoms with Gasteiger partial charge < -0.3 is 14.6 Å². The van der Waals surface area contributed by atoms with Gasteiger partial charge in [-0.1, -0.05) is 23.2 Å². The van der Waals surface area contributed by atoms with E-state index >= 15 is 0 Å². The number of rotatable bonds is 5. The highest BCUT2D eigenvalue weighted by molar-refractivity contribution is 6.42. The second-order valence-corrected chi connectivity index (χ2v) is 5.95. The van der Waals surface area contributed by atoms with Crippen molar-refractivity contribution >= 4 is 52.6 Å². The van der Waals surface area contributed by atoms with E-state index in [2.05, 4.69) is 9.97 Å². The number of carboxylic acid groups (broad SMARTS) is 1. The summed E-state index contributed by atoms with van der Waals surface area (Å²) in [6.45, 7) is 1.45. The Morgan fingerprint density at radius 1 is 1.08 bits per heavy atom. The molecule has 136 valence electrons. The zero-order valence-electron chi connectivity index (χ0n) is 13.3. The van der Waals surface area contributed by atoms with Gasteiger partial charge in [-0.25, -0.2) is 14.8 Å². The third kappa shape index (κ3) is 4.66. The third-order valence-corrected chi connectivity index (χ3v) is 3.99. The number of carboxylic acids is 1. The molecule has 0 fully saturated rings. The van der Waals surface area contributed by atoms with Crippen molar-refractivity contribution in [1.29, 1.82) is 0 Å². The highest BCUT2D eigenvalue weighted by Gasteiger charge is 2.12. The summed E-state index contributed by atoms with van der Waals surface area (Å²) in [7, 11) is 0. The lowest BCUT2D eigenvalue weighted by molar-refractivity contribution is -0.144. The molecule has 1 atom stereocenters. The quantitative estimate of drug-likeness (QED) is 0.631. The van der Waals surface area contributed by atoms with Gasteiger partial charge >= 0.3 is 5.97 Å². The number of nitrogens with zero attached hydrogens (tertiary/aromatic N) is 2. The van der Waals surface area contributed by atoms with Crippen LogP contribution in [0.2, 0.25) is 10.0 Å². The fourth-order valence-corrected chi connectivity index (χ4v) is 2.32. The van der Waals surface area contributed by atoms with Gasteiger partial charge in [-0.2, -0.15) is 0 Å². The Labute approximate surface area is 165 Å². The summed E-state index contributed by atoms with van der Waals surface area (Å²) in [6, 6.07) is 9.75. The Bertz CT molecular complexity index is 935. The highest BCUT2D eigenvalue weighted by Crippen LogP contribution is 2.28. The summed E-state index contributed by atoms with van der Waals surface area (Å²) in [4.78, 5) is 19.3. The van der Waals surface area contributed by atoms with Crippen LogP contribution >= 0.6 is 35.6 Å². The standard InChI is InChI=1S/C17H12Cl2N2O4.ClH/c1-9(17(22)23)24-10-2-4-11(5-3-10)25-16-8-20-14-6-12(18)13(19)7-15(14)21-16;/h2-9H,1H3,(H,22,23);1H. The normalized spacial score (nSPS) is 11.5. The second-order valence-electron chi connectivity index (χ2n) is 5.14. The van der Waals surface area contributed by atoms with Crippen molar-refractivity contribution in [3.8, 4) is 17.4 Å². The van der Waals surface area contributed by atoms with Crippen LogP contribution in [0.5, 0.6) is 17.4 Å². The Hall–Kier alpha value is -2.28. The number of ether oxygens (including phenoxy) is 2. The van der Waals surface area contributed by atoms with E-state index in [0.29, 0.717) is 38.5 Å². The van der Waals surface area contributed by atoms with Crippen LogP contribution in [-0.2, 0) is 4.79 Å². The first-order chi connectivity index (χ1) is 11.9. The van der Waals surface area contributed by atoms with Crippen LogP contribution in [0.3, 0.4) is 0 Å². The number of halogens is 3. The third-order valence-electron chi connectivity index (χ3n) is 3.27. The van der Waals surface area contributed by atoms with Crippen molar-refractivity contribution in [2.24, 2.45) is 0 Å². The first-order valence-corrected chi connectivity index (χ1v) is 7.97. The molecule has 0 spiro atoms. The maximum Gasteiger partial charge on any atom is 0.344 e. The predicted molar refractivity (Wildman–Crippen MR) is 101 cm³/mol. The molecule has 1 aromatic heterocycles. The SMILES string of the molecule is CC(Oc1ccc(Oc2cnc3cc(Cl)c(Cl)cc3n2)cc1)C(=O)O.Cl. The van der Waals surface area contributed by atoms with Gasteiger partial charge in [0.05, 0.1) is 27.3 Å². The topological polar surface area (TPSA) is 81.5 Å². The van der Waals surface area contributed by atoms with Gasteiger partial charge in [0.2, 0.25) is 5.88 Å². The molecule has 0 aliphatic carbocycles. The second kappa shape index (κ2) is 8.40. The van der Waals surface area contributed by atoms with Crippen molar-refractivity contribution in [3.05, 3.63) is 52.6 Å². The van der Waals surface area contributed by atoms with Gasteiger partial charge in [-0.15, -0.1) is 12.4 Å². The minimum atomic E-state index is -1.04. The van der Waals surface area contributed by atoms with E-state index in [-0.39, 0.29) is 12.4 Å². The molecule has 0 radical (unpaired) electrons. The van der Waals surface area contributed by atoms with Crippen LogP contribution in [0.4, 0.5) is 0 Å². The zero-order chi connectivity index (χ0) is 18.0. The summed E-state index contributed by atoms with van der Waals surface area (Å²) in [5, 5.41) is 9.62. The molecular formula is C17H13Cl3N2O4. The molecule has 2 aromatic carbocycles. The fourth-order valence-electron chi connectivity index (χ4n) is 2.00. The molecule has 6 nitrogen and oxygen atoms in total. The van der Waals surface area contributed by atoms with E-state index in [0.717, 1.165) is 0 Å². The lowest BCUT2D eigenvalue weighted by atomic mass is 10.3. The molecule has 0 amide bonds. The molecule has 1 N–H and O–H groups in total. The van der Waals surface area contributed by atoms with Gasteiger partial charge in [0.15, 0.2) is 6.10 Å². The average Bonchev–Trinajstić information content (AvgIpc) is 2.58. The van der Waals surface area contributed by atoms with Crippen molar-refractivity contribution in [2.75, 3.05) is 0 Å². The lowest BCUT2D eigenvalue weighted by Gasteiger charge is -2.11. The van der Waals surface area contributed by atoms with Crippen LogP contribution in [-0.4, -0.2) is 27.1 Å². The van der Waals surface area contributed by atoms with Crippen molar-refractivity contribution < 1.29 is 19.4 Å². The molecule has 0 saturated carbocycles. The predicted octanol–water partition coefficient (Wildman–Crippen LogP) is 5.00. The molecule has 1 heterocycles. The summed E-state index contributed by atoms with van der Waals surface area (Å²) in [5.74, 6) is 0.182. The van der Waals surface area contributed by atoms with E-state index in [1.54, 1.807) is 36.4 Å². The zero-order valence-corrected chi connectivity index (χ0v) is 15.7. The Balaban J connectivity index is 0.00000243. The van der Waals surface area contributed by atoms with Crippen LogP contribution in [0.15, 0.2) is 42.6 Å². The summed E-state index contributed by atoms with van der Waals surface area (Å²) in [6.07, 6.45) is 0.540. The van der Waals surface area contributed by atoms with E-state index < -0.39 is 12.1 Å². The van der Waals surface area contributed by atoms with Crippen molar-refractivity contribution in [3.63, 3.8) is 0 Å². The van der Waals surface area contributed by atoms with Gasteiger partial charge in [-0.05, 0) is 43.3 Å². The molecule has 0 aliphatic rings. The molecular weight excluding hydrogens is 403 g/mol. The number of aromatic nitrogens is 2. The maximum atomic E-state index is 10.8. The number of hydrogen-bond donors (Lipinski definition) is 1. The summed E-state index contributed by atoms with van der Waals surface area (Å²) in [5.41, 5.74) is 1.16. The fraction of sp³-hybridized carbons (Fsp3) is 0.118. The number of hydrogen-bond acceptors (Lipinski definition) is 5. The number of carbonyl (C=O) groups is 1. The molecule has 26 heavy (non-hydrogen) atoms. The van der Waals surface area contributed by atoms with Crippen LogP contribution in [0, 0.1) is 0 Å². The summed E-state index contributed by atoms with van der Waals surface area (Å²) < 4.78 is 10.9. The molecule has 3 aromatic rings. The van der Waals surface area contributed by atoms with Crippen molar-refractivity contribution in [1.82, 2.24) is 9.97 Å². The number of benzene rings is 2. The molecule has 9 heteroatoms. The van der Waals surface area contributed by atoms with E-state index in [1.165, 1.54) is 13.1 Å². The molecule has 0 saturated heterocycles. The van der Waals surface area contributed by atoms with Gasteiger partial charge in [-0.3, -0.25) is 0 Å². The van der Waals surface area contributed by atoms with E-state index in [9.17, 15) is 4.79 Å². The minimum Gasteiger partial charge on any atom is -0.479 e. The van der Waals surface area contributed by atoms with Gasteiger partial charge in [0.1, 0.15) is 11.5 Å². The molecule has 3 rings (SSSR count). The first kappa shape index (κ1) is 20.0. The van der Waals surface area contributed by atoms with E-state index in [1.807, 2.05) is 0 Å². The van der Waals surface area contributed by atoms with Gasteiger partial charge in [0, 0.05) is 0 Å².